The van der Waals surface area contributed by atoms with Crippen molar-refractivity contribution in [2.24, 2.45) is 11.7 Å². The van der Waals surface area contributed by atoms with Gasteiger partial charge in [-0.1, -0.05) is 26.3 Å². The lowest BCUT2D eigenvalue weighted by molar-refractivity contribution is -0.121. The second kappa shape index (κ2) is 7.31. The minimum absolute atomic E-state index is 0.0182. The van der Waals surface area contributed by atoms with Crippen molar-refractivity contribution in [1.82, 2.24) is 5.32 Å². The zero-order valence-electron chi connectivity index (χ0n) is 11.6. The summed E-state index contributed by atoms with van der Waals surface area (Å²) >= 11 is 0. The fourth-order valence-corrected chi connectivity index (χ4v) is 1.89. The van der Waals surface area contributed by atoms with E-state index in [9.17, 15) is 18.7 Å². The van der Waals surface area contributed by atoms with Gasteiger partial charge in [0.2, 0.25) is 5.91 Å². The number of carbonyl (C=O) groups excluding carboxylic acids is 1. The fourth-order valence-electron chi connectivity index (χ4n) is 1.89. The summed E-state index contributed by atoms with van der Waals surface area (Å²) in [4.78, 5) is 11.3. The summed E-state index contributed by atoms with van der Waals surface area (Å²) in [5, 5.41) is 12.8. The molecule has 1 amide bonds. The van der Waals surface area contributed by atoms with Crippen molar-refractivity contribution < 1.29 is 18.7 Å². The van der Waals surface area contributed by atoms with E-state index >= 15 is 0 Å². The third-order valence-electron chi connectivity index (χ3n) is 3.38. The van der Waals surface area contributed by atoms with Crippen LogP contribution in [-0.4, -0.2) is 23.6 Å². The molecule has 6 heteroatoms. The van der Waals surface area contributed by atoms with Crippen LogP contribution in [0.25, 0.3) is 0 Å². The Balaban J connectivity index is 2.67. The minimum atomic E-state index is -1.05. The number of nitrogens with one attached hydrogen (secondary N) is 1. The van der Waals surface area contributed by atoms with E-state index in [1.807, 2.05) is 13.8 Å². The van der Waals surface area contributed by atoms with Gasteiger partial charge in [0.25, 0.3) is 0 Å². The summed E-state index contributed by atoms with van der Waals surface area (Å²) in [7, 11) is 0. The Labute approximate surface area is 117 Å². The lowest BCUT2D eigenvalue weighted by Gasteiger charge is -2.23. The van der Waals surface area contributed by atoms with Crippen molar-refractivity contribution in [2.75, 3.05) is 6.54 Å². The predicted octanol–water partition coefficient (Wildman–Crippen LogP) is 1.49. The molecule has 0 radical (unpaired) electrons. The molecule has 0 saturated carbocycles. The van der Waals surface area contributed by atoms with Crippen LogP contribution in [0.3, 0.4) is 0 Å². The Morgan fingerprint density at radius 2 is 2.05 bits per heavy atom. The average Bonchev–Trinajstić information content (AvgIpc) is 2.41. The number of benzene rings is 1. The largest absolute Gasteiger partial charge is 0.387 e. The molecule has 0 bridgehead atoms. The monoisotopic (exact) mass is 286 g/mol. The van der Waals surface area contributed by atoms with Gasteiger partial charge in [0.15, 0.2) is 11.6 Å². The number of carbonyl (C=O) groups is 1. The van der Waals surface area contributed by atoms with Crippen molar-refractivity contribution in [3.05, 3.63) is 35.4 Å². The summed E-state index contributed by atoms with van der Waals surface area (Å²) in [5.41, 5.74) is 5.53. The van der Waals surface area contributed by atoms with Gasteiger partial charge >= 0.3 is 0 Å². The first-order valence-electron chi connectivity index (χ1n) is 6.52. The molecule has 0 aliphatic rings. The van der Waals surface area contributed by atoms with Crippen LogP contribution in [0, 0.1) is 17.6 Å². The van der Waals surface area contributed by atoms with Crippen LogP contribution >= 0.6 is 0 Å². The second-order valence-electron chi connectivity index (χ2n) is 4.86. The maximum Gasteiger partial charge on any atom is 0.234 e. The summed E-state index contributed by atoms with van der Waals surface area (Å²) in [6, 6.07) is 2.62. The Morgan fingerprint density at radius 1 is 1.40 bits per heavy atom. The Hall–Kier alpha value is -1.53. The average molecular weight is 286 g/mol. The van der Waals surface area contributed by atoms with Gasteiger partial charge in [0.1, 0.15) is 0 Å². The molecule has 4 N–H and O–H groups in total. The SMILES string of the molecule is CCC(C)C(NCC(O)c1ccc(F)c(F)c1)C(N)=O. The van der Waals surface area contributed by atoms with Crippen LogP contribution in [0.15, 0.2) is 18.2 Å². The van der Waals surface area contributed by atoms with Gasteiger partial charge in [-0.25, -0.2) is 8.78 Å². The molecule has 1 rings (SSSR count). The Morgan fingerprint density at radius 3 is 2.55 bits per heavy atom. The number of aliphatic hydroxyl groups excluding tert-OH is 1. The first-order chi connectivity index (χ1) is 9.36. The highest BCUT2D eigenvalue weighted by atomic mass is 19.2. The lowest BCUT2D eigenvalue weighted by Crippen LogP contribution is -2.47. The number of halogens is 2. The van der Waals surface area contributed by atoms with Crippen LogP contribution in [0.4, 0.5) is 8.78 Å². The van der Waals surface area contributed by atoms with Crippen molar-refractivity contribution in [3.63, 3.8) is 0 Å². The topological polar surface area (TPSA) is 75.3 Å². The predicted molar refractivity (Wildman–Crippen MR) is 71.8 cm³/mol. The number of primary amides is 1. The quantitative estimate of drug-likeness (QED) is 0.711. The number of amides is 1. The van der Waals surface area contributed by atoms with Gasteiger partial charge in [0, 0.05) is 6.54 Å². The van der Waals surface area contributed by atoms with Crippen molar-refractivity contribution >= 4 is 5.91 Å². The van der Waals surface area contributed by atoms with Crippen LogP contribution in [0.2, 0.25) is 0 Å². The molecular weight excluding hydrogens is 266 g/mol. The number of hydrogen-bond donors (Lipinski definition) is 3. The zero-order chi connectivity index (χ0) is 15.3. The van der Waals surface area contributed by atoms with E-state index in [2.05, 4.69) is 5.32 Å². The second-order valence-corrected chi connectivity index (χ2v) is 4.86. The lowest BCUT2D eigenvalue weighted by atomic mass is 9.98. The summed E-state index contributed by atoms with van der Waals surface area (Å²) in [6.45, 7) is 3.82. The molecule has 4 nitrogen and oxygen atoms in total. The molecule has 0 fully saturated rings. The molecule has 1 aromatic carbocycles. The highest BCUT2D eigenvalue weighted by Crippen LogP contribution is 2.16. The van der Waals surface area contributed by atoms with E-state index in [1.54, 1.807) is 0 Å². The van der Waals surface area contributed by atoms with Gasteiger partial charge in [0.05, 0.1) is 12.1 Å². The third-order valence-corrected chi connectivity index (χ3v) is 3.38. The smallest absolute Gasteiger partial charge is 0.234 e. The minimum Gasteiger partial charge on any atom is -0.387 e. The maximum atomic E-state index is 13.1. The van der Waals surface area contributed by atoms with E-state index in [0.29, 0.717) is 0 Å². The fraction of sp³-hybridized carbons (Fsp3) is 0.500. The van der Waals surface area contributed by atoms with E-state index in [-0.39, 0.29) is 18.0 Å². The van der Waals surface area contributed by atoms with E-state index < -0.39 is 29.7 Å². The molecule has 0 aromatic heterocycles. The normalized spacial score (nSPS) is 15.7. The highest BCUT2D eigenvalue weighted by Gasteiger charge is 2.22. The summed E-state index contributed by atoms with van der Waals surface area (Å²) in [6.07, 6.45) is -0.294. The molecule has 1 aromatic rings. The first kappa shape index (κ1) is 16.5. The van der Waals surface area contributed by atoms with Gasteiger partial charge in [-0.15, -0.1) is 0 Å². The highest BCUT2D eigenvalue weighted by molar-refractivity contribution is 5.80. The molecule has 3 atom stereocenters. The van der Waals surface area contributed by atoms with Gasteiger partial charge < -0.3 is 16.2 Å². The maximum absolute atomic E-state index is 13.1. The summed E-state index contributed by atoms with van der Waals surface area (Å²) < 4.78 is 25.9. The zero-order valence-corrected chi connectivity index (χ0v) is 11.6. The van der Waals surface area contributed by atoms with Crippen LogP contribution in [-0.2, 0) is 4.79 Å². The first-order valence-corrected chi connectivity index (χ1v) is 6.52. The number of aliphatic hydroxyl groups is 1. The van der Waals surface area contributed by atoms with E-state index in [4.69, 9.17) is 5.73 Å². The molecule has 112 valence electrons. The van der Waals surface area contributed by atoms with Gasteiger partial charge in [-0.2, -0.15) is 0 Å². The number of hydrogen-bond acceptors (Lipinski definition) is 3. The van der Waals surface area contributed by atoms with Crippen LogP contribution < -0.4 is 11.1 Å². The van der Waals surface area contributed by atoms with E-state index in [1.165, 1.54) is 6.07 Å². The molecule has 0 aliphatic heterocycles. The van der Waals surface area contributed by atoms with Crippen LogP contribution in [0.1, 0.15) is 31.9 Å². The number of nitrogens with two attached hydrogens (primary N) is 1. The molecule has 20 heavy (non-hydrogen) atoms. The Bertz CT molecular complexity index is 468. The van der Waals surface area contributed by atoms with Gasteiger partial charge in [-0.3, -0.25) is 4.79 Å². The molecule has 0 saturated heterocycles. The molecular formula is C14H20F2N2O2. The van der Waals surface area contributed by atoms with Crippen molar-refractivity contribution in [1.29, 1.82) is 0 Å². The van der Waals surface area contributed by atoms with Crippen molar-refractivity contribution in [2.45, 2.75) is 32.4 Å². The number of rotatable bonds is 7. The standard InChI is InChI=1S/C14H20F2N2O2/c1-3-8(2)13(14(17)20)18-7-12(19)9-4-5-10(15)11(16)6-9/h4-6,8,12-13,18-19H,3,7H2,1-2H3,(H2,17,20). The van der Waals surface area contributed by atoms with Crippen molar-refractivity contribution in [3.8, 4) is 0 Å². The summed E-state index contributed by atoms with van der Waals surface area (Å²) in [5.74, 6) is -2.47. The van der Waals surface area contributed by atoms with Crippen LogP contribution in [0.5, 0.6) is 0 Å². The molecule has 0 spiro atoms. The van der Waals surface area contributed by atoms with E-state index in [0.717, 1.165) is 18.6 Å². The molecule has 0 heterocycles. The van der Waals surface area contributed by atoms with Gasteiger partial charge in [-0.05, 0) is 23.6 Å². The third kappa shape index (κ3) is 4.25. The molecule has 3 unspecified atom stereocenters. The Kier molecular flexibility index (Phi) is 6.04. The molecule has 0 aliphatic carbocycles.